The summed E-state index contributed by atoms with van der Waals surface area (Å²) < 4.78 is 35.0. The number of rotatable bonds is 5. The van der Waals surface area contributed by atoms with Crippen molar-refractivity contribution in [2.24, 2.45) is 0 Å². The van der Waals surface area contributed by atoms with Gasteiger partial charge in [0.1, 0.15) is 5.60 Å². The number of nitrogens with zero attached hydrogens (tertiary/aromatic N) is 3. The van der Waals surface area contributed by atoms with Crippen LogP contribution in [0.4, 0.5) is 10.6 Å². The van der Waals surface area contributed by atoms with Crippen LogP contribution in [0.5, 0.6) is 0 Å². The van der Waals surface area contributed by atoms with E-state index >= 15 is 0 Å². The topological polar surface area (TPSA) is 81.5 Å². The fraction of sp³-hybridized carbons (Fsp3) is 0.200. The first-order valence-corrected chi connectivity index (χ1v) is 14.1. The second-order valence-corrected chi connectivity index (χ2v) is 12.1. The number of benzene rings is 3. The minimum absolute atomic E-state index is 0.114. The molecule has 0 bridgehead atoms. The molecule has 0 N–H and O–H groups in total. The maximum Gasteiger partial charge on any atom is 0.419 e. The summed E-state index contributed by atoms with van der Waals surface area (Å²) in [6.45, 7) is 5.57. The van der Waals surface area contributed by atoms with Gasteiger partial charge in [-0.1, -0.05) is 78.9 Å². The lowest BCUT2D eigenvalue weighted by atomic mass is 10.00. The number of carbonyl (C=O) groups excluding carboxylic acids is 1. The molecule has 0 aliphatic heterocycles. The van der Waals surface area contributed by atoms with Crippen LogP contribution in [0.15, 0.2) is 91.1 Å². The molecular weight excluding hydrogens is 498 g/mol. The normalized spacial score (nSPS) is 12.1. The summed E-state index contributed by atoms with van der Waals surface area (Å²) in [6, 6.07) is 26.5. The van der Waals surface area contributed by atoms with E-state index in [-0.39, 0.29) is 6.54 Å². The second kappa shape index (κ2) is 9.61. The van der Waals surface area contributed by atoms with E-state index in [1.165, 1.54) is 15.1 Å². The van der Waals surface area contributed by atoms with Crippen molar-refractivity contribution in [1.29, 1.82) is 0 Å². The first kappa shape index (κ1) is 25.5. The van der Waals surface area contributed by atoms with Gasteiger partial charge in [0.15, 0.2) is 5.82 Å². The van der Waals surface area contributed by atoms with Crippen LogP contribution in [0, 0.1) is 0 Å². The molecule has 7 nitrogen and oxygen atoms in total. The maximum absolute atomic E-state index is 13.4. The fourth-order valence-corrected chi connectivity index (χ4v) is 5.45. The van der Waals surface area contributed by atoms with Gasteiger partial charge in [-0.2, -0.15) is 0 Å². The minimum Gasteiger partial charge on any atom is -0.443 e. The third-order valence-corrected chi connectivity index (χ3v) is 7.24. The molecule has 5 aromatic rings. The monoisotopic (exact) mass is 527 g/mol. The predicted molar refractivity (Wildman–Crippen MR) is 152 cm³/mol. The van der Waals surface area contributed by atoms with Crippen molar-refractivity contribution in [3.8, 4) is 11.1 Å². The number of hydrogen-bond acceptors (Lipinski definition) is 5. The molecule has 5 rings (SSSR count). The van der Waals surface area contributed by atoms with E-state index < -0.39 is 21.7 Å². The molecule has 3 aromatic carbocycles. The standard InChI is InChI=1S/C30H29N3O4S/c1-30(2,3)37-29(34)33-24-18-12-11-17-23(24)27-25(33)19-31-28(26(27)22-15-9-6-10-16-22)32(38(4,35)36)20-21-13-7-5-8-14-21/h5-19H,20H2,1-4H3. The number of ether oxygens (including phenoxy) is 1. The van der Waals surface area contributed by atoms with Gasteiger partial charge in [-0.05, 0) is 38.0 Å². The summed E-state index contributed by atoms with van der Waals surface area (Å²) in [6.07, 6.45) is 2.21. The largest absolute Gasteiger partial charge is 0.443 e. The summed E-state index contributed by atoms with van der Waals surface area (Å²) in [5.41, 5.74) is 2.73. The van der Waals surface area contributed by atoms with Gasteiger partial charge in [0.05, 0.1) is 30.0 Å². The van der Waals surface area contributed by atoms with Gasteiger partial charge in [-0.25, -0.2) is 27.1 Å². The summed E-state index contributed by atoms with van der Waals surface area (Å²) in [4.78, 5) is 18.1. The molecular formula is C30H29N3O4S. The summed E-state index contributed by atoms with van der Waals surface area (Å²) in [5.74, 6) is 0.294. The molecule has 0 amide bonds. The Morgan fingerprint density at radius 1 is 0.895 bits per heavy atom. The molecule has 0 radical (unpaired) electrons. The van der Waals surface area contributed by atoms with Crippen LogP contribution in [0.3, 0.4) is 0 Å². The number of pyridine rings is 1. The number of aromatic nitrogens is 2. The van der Waals surface area contributed by atoms with Crippen molar-refractivity contribution >= 4 is 43.7 Å². The zero-order chi connectivity index (χ0) is 27.1. The number of hydrogen-bond donors (Lipinski definition) is 0. The first-order valence-electron chi connectivity index (χ1n) is 12.3. The molecule has 0 fully saturated rings. The Balaban J connectivity index is 1.87. The van der Waals surface area contributed by atoms with Gasteiger partial charge in [-0.3, -0.25) is 0 Å². The highest BCUT2D eigenvalue weighted by Crippen LogP contribution is 2.42. The van der Waals surface area contributed by atoms with Crippen molar-refractivity contribution in [3.63, 3.8) is 0 Å². The van der Waals surface area contributed by atoms with Gasteiger partial charge in [0.25, 0.3) is 0 Å². The Kier molecular flexibility index (Phi) is 6.44. The number of para-hydroxylation sites is 1. The quantitative estimate of drug-likeness (QED) is 0.257. The van der Waals surface area contributed by atoms with Crippen molar-refractivity contribution in [2.75, 3.05) is 10.6 Å². The lowest BCUT2D eigenvalue weighted by Gasteiger charge is -2.25. The molecule has 0 saturated carbocycles. The number of sulfonamides is 1. The zero-order valence-corrected chi connectivity index (χ0v) is 22.6. The Labute approximate surface area is 222 Å². The van der Waals surface area contributed by atoms with Crippen LogP contribution in [0.25, 0.3) is 32.9 Å². The Morgan fingerprint density at radius 3 is 2.13 bits per heavy atom. The summed E-state index contributed by atoms with van der Waals surface area (Å²) in [5, 5.41) is 1.52. The highest BCUT2D eigenvalue weighted by atomic mass is 32.2. The molecule has 0 saturated heterocycles. The van der Waals surface area contributed by atoms with Crippen molar-refractivity contribution in [2.45, 2.75) is 32.9 Å². The smallest absolute Gasteiger partial charge is 0.419 e. The minimum atomic E-state index is -3.73. The van der Waals surface area contributed by atoms with Crippen LogP contribution in [0.2, 0.25) is 0 Å². The molecule has 0 spiro atoms. The van der Waals surface area contributed by atoms with E-state index in [1.807, 2.05) is 106 Å². The lowest BCUT2D eigenvalue weighted by Crippen LogP contribution is -2.30. The summed E-state index contributed by atoms with van der Waals surface area (Å²) in [7, 11) is -3.73. The first-order chi connectivity index (χ1) is 18.0. The van der Waals surface area contributed by atoms with Crippen molar-refractivity contribution < 1.29 is 17.9 Å². The zero-order valence-electron chi connectivity index (χ0n) is 21.8. The van der Waals surface area contributed by atoms with E-state index in [0.29, 0.717) is 22.4 Å². The van der Waals surface area contributed by atoms with E-state index in [4.69, 9.17) is 9.72 Å². The summed E-state index contributed by atoms with van der Waals surface area (Å²) >= 11 is 0. The predicted octanol–water partition coefficient (Wildman–Crippen LogP) is 6.61. The van der Waals surface area contributed by atoms with Crippen molar-refractivity contribution in [1.82, 2.24) is 9.55 Å². The molecule has 8 heteroatoms. The maximum atomic E-state index is 13.4. The highest BCUT2D eigenvalue weighted by Gasteiger charge is 2.29. The molecule has 2 heterocycles. The fourth-order valence-electron chi connectivity index (χ4n) is 4.61. The Hall–Kier alpha value is -4.17. The molecule has 0 unspecified atom stereocenters. The van der Waals surface area contributed by atoms with E-state index in [9.17, 15) is 13.2 Å². The van der Waals surface area contributed by atoms with Gasteiger partial charge < -0.3 is 4.74 Å². The van der Waals surface area contributed by atoms with Gasteiger partial charge in [-0.15, -0.1) is 0 Å². The molecule has 0 aliphatic rings. The second-order valence-electron chi connectivity index (χ2n) is 10.2. The van der Waals surface area contributed by atoms with Crippen LogP contribution < -0.4 is 4.31 Å². The molecule has 38 heavy (non-hydrogen) atoms. The van der Waals surface area contributed by atoms with E-state index in [1.54, 1.807) is 6.20 Å². The van der Waals surface area contributed by atoms with Crippen LogP contribution >= 0.6 is 0 Å². The SMILES string of the molecule is CC(C)(C)OC(=O)n1c2ccccc2c2c(-c3ccccc3)c(N(Cc3ccccc3)S(C)(=O)=O)ncc21. The van der Waals surface area contributed by atoms with Crippen LogP contribution in [0.1, 0.15) is 26.3 Å². The number of anilines is 1. The van der Waals surface area contributed by atoms with Gasteiger partial charge in [0.2, 0.25) is 10.0 Å². The Bertz CT molecular complexity index is 1740. The molecule has 0 aliphatic carbocycles. The van der Waals surface area contributed by atoms with Crippen molar-refractivity contribution in [3.05, 3.63) is 96.7 Å². The lowest BCUT2D eigenvalue weighted by molar-refractivity contribution is 0.0551. The van der Waals surface area contributed by atoms with E-state index in [2.05, 4.69) is 0 Å². The molecule has 0 atom stereocenters. The van der Waals surface area contributed by atoms with Crippen LogP contribution in [-0.2, 0) is 21.3 Å². The highest BCUT2D eigenvalue weighted by molar-refractivity contribution is 7.92. The molecule has 194 valence electrons. The number of carbonyl (C=O) groups is 1. The average Bonchev–Trinajstić information content (AvgIpc) is 3.21. The number of fused-ring (bicyclic) bond motifs is 3. The van der Waals surface area contributed by atoms with E-state index in [0.717, 1.165) is 21.9 Å². The van der Waals surface area contributed by atoms with Gasteiger partial charge in [0, 0.05) is 16.3 Å². The van der Waals surface area contributed by atoms with Crippen LogP contribution in [-0.4, -0.2) is 35.9 Å². The third-order valence-electron chi connectivity index (χ3n) is 6.14. The average molecular weight is 528 g/mol. The third kappa shape index (κ3) is 4.87. The Morgan fingerprint density at radius 2 is 1.50 bits per heavy atom. The van der Waals surface area contributed by atoms with Gasteiger partial charge >= 0.3 is 6.09 Å². The molecule has 2 aromatic heterocycles.